The lowest BCUT2D eigenvalue weighted by atomic mass is 9.99. The van der Waals surface area contributed by atoms with Crippen LogP contribution in [0.5, 0.6) is 0 Å². The van der Waals surface area contributed by atoms with Gasteiger partial charge in [-0.1, -0.05) is 30.3 Å². The Morgan fingerprint density at radius 1 is 0.947 bits per heavy atom. The van der Waals surface area contributed by atoms with Crippen LogP contribution in [0.2, 0.25) is 0 Å². The Morgan fingerprint density at radius 2 is 1.84 bits per heavy atom. The zero-order valence-electron chi connectivity index (χ0n) is 10.5. The number of benzene rings is 2. The normalized spacial score (nSPS) is 15.1. The van der Waals surface area contributed by atoms with E-state index in [0.29, 0.717) is 0 Å². The molecule has 3 aromatic rings. The molecule has 0 bridgehead atoms. The molecule has 0 unspecified atom stereocenters. The number of dihydropyridines is 1. The number of nitrogens with zero attached hydrogens (tertiary/aromatic N) is 1. The summed E-state index contributed by atoms with van der Waals surface area (Å²) in [5.41, 5.74) is 4.52. The van der Waals surface area contributed by atoms with Gasteiger partial charge >= 0.3 is 0 Å². The van der Waals surface area contributed by atoms with Crippen molar-refractivity contribution in [1.82, 2.24) is 0 Å². The van der Waals surface area contributed by atoms with E-state index in [1.54, 1.807) is 0 Å². The van der Waals surface area contributed by atoms with Crippen LogP contribution < -0.4 is 0 Å². The first-order chi connectivity index (χ1) is 9.42. The van der Waals surface area contributed by atoms with E-state index in [1.807, 2.05) is 18.3 Å². The summed E-state index contributed by atoms with van der Waals surface area (Å²) in [5.74, 6) is 0. The van der Waals surface area contributed by atoms with Crippen molar-refractivity contribution in [1.29, 1.82) is 0 Å². The zero-order valence-corrected chi connectivity index (χ0v) is 10.5. The van der Waals surface area contributed by atoms with Gasteiger partial charge in [-0.15, -0.1) is 0 Å². The molecule has 2 nitrogen and oxygen atoms in total. The van der Waals surface area contributed by atoms with Crippen LogP contribution >= 0.6 is 0 Å². The number of para-hydroxylation sites is 1. The fraction of sp³-hybridized carbons (Fsp3) is 0.118. The average molecular weight is 247 g/mol. The van der Waals surface area contributed by atoms with E-state index in [0.717, 1.165) is 24.1 Å². The second-order valence-electron chi connectivity index (χ2n) is 4.79. The average Bonchev–Trinajstić information content (AvgIpc) is 2.86. The third-order valence-electron chi connectivity index (χ3n) is 3.63. The van der Waals surface area contributed by atoms with E-state index >= 15 is 0 Å². The van der Waals surface area contributed by atoms with Gasteiger partial charge in [-0.2, -0.15) is 0 Å². The maximum absolute atomic E-state index is 5.85. The van der Waals surface area contributed by atoms with Crippen molar-refractivity contribution in [3.63, 3.8) is 0 Å². The van der Waals surface area contributed by atoms with Gasteiger partial charge in [0.15, 0.2) is 0 Å². The molecule has 1 aromatic heterocycles. The molecule has 1 aliphatic heterocycles. The van der Waals surface area contributed by atoms with Crippen molar-refractivity contribution in [3.8, 4) is 0 Å². The number of allylic oxidation sites excluding steroid dienone is 1. The van der Waals surface area contributed by atoms with Crippen LogP contribution in [0.3, 0.4) is 0 Å². The molecule has 0 aliphatic carbocycles. The van der Waals surface area contributed by atoms with Gasteiger partial charge in [0.05, 0.1) is 6.54 Å². The van der Waals surface area contributed by atoms with Gasteiger partial charge in [0.2, 0.25) is 0 Å². The molecule has 0 saturated carbocycles. The van der Waals surface area contributed by atoms with E-state index in [2.05, 4.69) is 41.4 Å². The van der Waals surface area contributed by atoms with Gasteiger partial charge in [-0.05, 0) is 29.3 Å². The molecule has 0 atom stereocenters. The number of hydrogen-bond acceptors (Lipinski definition) is 2. The highest BCUT2D eigenvalue weighted by molar-refractivity contribution is 6.06. The van der Waals surface area contributed by atoms with Gasteiger partial charge in [-0.3, -0.25) is 4.99 Å². The van der Waals surface area contributed by atoms with E-state index in [-0.39, 0.29) is 0 Å². The van der Waals surface area contributed by atoms with Gasteiger partial charge in [-0.25, -0.2) is 0 Å². The minimum absolute atomic E-state index is 0.791. The van der Waals surface area contributed by atoms with Crippen molar-refractivity contribution in [2.75, 3.05) is 6.54 Å². The first kappa shape index (κ1) is 10.6. The monoisotopic (exact) mass is 247 g/mol. The van der Waals surface area contributed by atoms with Gasteiger partial charge < -0.3 is 4.42 Å². The molecule has 19 heavy (non-hydrogen) atoms. The summed E-state index contributed by atoms with van der Waals surface area (Å²) in [4.78, 5) is 4.24. The Bertz CT molecular complexity index is 824. The second-order valence-corrected chi connectivity index (χ2v) is 4.79. The molecule has 0 radical (unpaired) electrons. The zero-order chi connectivity index (χ0) is 12.7. The van der Waals surface area contributed by atoms with Crippen molar-refractivity contribution in [3.05, 3.63) is 54.1 Å². The standard InChI is InChI=1S/C17H13NO/c1-2-4-16-14(3-1)15-11-13(5-6-17(15)19-16)12-7-9-18-10-8-12/h1-7,10-11H,8-9H2. The molecule has 0 fully saturated rings. The molecule has 0 N–H and O–H groups in total. The molecular formula is C17H13NO. The van der Waals surface area contributed by atoms with E-state index in [9.17, 15) is 0 Å². The van der Waals surface area contributed by atoms with Crippen LogP contribution in [0.1, 0.15) is 12.0 Å². The van der Waals surface area contributed by atoms with Gasteiger partial charge in [0, 0.05) is 23.4 Å². The number of hydrogen-bond donors (Lipinski definition) is 0. The summed E-state index contributed by atoms with van der Waals surface area (Å²) in [6.45, 7) is 0.791. The van der Waals surface area contributed by atoms with Gasteiger partial charge in [0.25, 0.3) is 0 Å². The van der Waals surface area contributed by atoms with Crippen molar-refractivity contribution < 1.29 is 4.42 Å². The second kappa shape index (κ2) is 4.09. The molecule has 2 heteroatoms. The Balaban J connectivity index is 1.95. The predicted molar refractivity (Wildman–Crippen MR) is 79.7 cm³/mol. The smallest absolute Gasteiger partial charge is 0.135 e. The van der Waals surface area contributed by atoms with Gasteiger partial charge in [0.1, 0.15) is 11.2 Å². The maximum atomic E-state index is 5.85. The summed E-state index contributed by atoms with van der Waals surface area (Å²) in [6, 6.07) is 14.6. The number of furan rings is 1. The molecule has 1 aliphatic rings. The number of fused-ring (bicyclic) bond motifs is 3. The minimum atomic E-state index is 0.791. The quantitative estimate of drug-likeness (QED) is 0.624. The molecule has 4 rings (SSSR count). The lowest BCUT2D eigenvalue weighted by Gasteiger charge is -2.08. The van der Waals surface area contributed by atoms with Crippen molar-refractivity contribution >= 4 is 33.7 Å². The van der Waals surface area contributed by atoms with Crippen LogP contribution in [0.15, 0.2) is 58.0 Å². The lowest BCUT2D eigenvalue weighted by Crippen LogP contribution is -1.93. The van der Waals surface area contributed by atoms with Crippen molar-refractivity contribution in [2.24, 2.45) is 4.99 Å². The Labute approximate surface area is 111 Å². The summed E-state index contributed by atoms with van der Waals surface area (Å²) in [6.07, 6.45) is 5.11. The Kier molecular flexibility index (Phi) is 2.27. The van der Waals surface area contributed by atoms with E-state index < -0.39 is 0 Å². The molecule has 2 aromatic carbocycles. The van der Waals surface area contributed by atoms with Crippen LogP contribution in [-0.2, 0) is 0 Å². The first-order valence-corrected chi connectivity index (χ1v) is 6.51. The topological polar surface area (TPSA) is 25.5 Å². The maximum Gasteiger partial charge on any atom is 0.135 e. The molecule has 0 spiro atoms. The SMILES string of the molecule is C1=NCC=C(c2ccc3oc4ccccc4c3c2)C1. The third-order valence-corrected chi connectivity index (χ3v) is 3.63. The summed E-state index contributed by atoms with van der Waals surface area (Å²) in [5, 5.41) is 2.38. The predicted octanol–water partition coefficient (Wildman–Crippen LogP) is 4.44. The Hall–Kier alpha value is -2.35. The molecule has 0 saturated heterocycles. The van der Waals surface area contributed by atoms with Crippen LogP contribution in [-0.4, -0.2) is 12.8 Å². The van der Waals surface area contributed by atoms with Crippen LogP contribution in [0.25, 0.3) is 27.5 Å². The fourth-order valence-corrected chi connectivity index (χ4v) is 2.65. The molecule has 2 heterocycles. The summed E-state index contributed by atoms with van der Waals surface area (Å²) in [7, 11) is 0. The largest absolute Gasteiger partial charge is 0.456 e. The summed E-state index contributed by atoms with van der Waals surface area (Å²) < 4.78 is 5.85. The van der Waals surface area contributed by atoms with E-state index in [1.165, 1.54) is 21.9 Å². The summed E-state index contributed by atoms with van der Waals surface area (Å²) >= 11 is 0. The van der Waals surface area contributed by atoms with Crippen LogP contribution in [0.4, 0.5) is 0 Å². The minimum Gasteiger partial charge on any atom is -0.456 e. The van der Waals surface area contributed by atoms with E-state index in [4.69, 9.17) is 4.42 Å². The molecular weight excluding hydrogens is 234 g/mol. The Morgan fingerprint density at radius 3 is 2.74 bits per heavy atom. The third kappa shape index (κ3) is 1.68. The highest BCUT2D eigenvalue weighted by atomic mass is 16.3. The lowest BCUT2D eigenvalue weighted by molar-refractivity contribution is 0.669. The molecule has 0 amide bonds. The van der Waals surface area contributed by atoms with Crippen LogP contribution in [0, 0.1) is 0 Å². The highest BCUT2D eigenvalue weighted by Gasteiger charge is 2.09. The van der Waals surface area contributed by atoms with Crippen molar-refractivity contribution in [2.45, 2.75) is 6.42 Å². The fourth-order valence-electron chi connectivity index (χ4n) is 2.65. The number of aliphatic imine (C=N–C) groups is 1. The number of rotatable bonds is 1. The molecule has 92 valence electrons. The first-order valence-electron chi connectivity index (χ1n) is 6.51. The highest BCUT2D eigenvalue weighted by Crippen LogP contribution is 2.31.